The highest BCUT2D eigenvalue weighted by molar-refractivity contribution is 5.61. The Morgan fingerprint density at radius 3 is 2.50 bits per heavy atom. The van der Waals surface area contributed by atoms with Crippen molar-refractivity contribution in [1.29, 1.82) is 0 Å². The molecule has 1 aromatic rings. The van der Waals surface area contributed by atoms with Gasteiger partial charge in [-0.3, -0.25) is 0 Å². The van der Waals surface area contributed by atoms with Crippen LogP contribution in [0.4, 0.5) is 13.2 Å². The summed E-state index contributed by atoms with van der Waals surface area (Å²) < 4.78 is 46.4. The Bertz CT molecular complexity index is 546. The summed E-state index contributed by atoms with van der Waals surface area (Å²) in [6, 6.07) is 4.66. The molecule has 1 aliphatic rings. The standard InChI is InChI=1S/C18H21F3O/c1-2-3-4-5-13-6-11-16(22-12-13)18(21)17(20)14-7-9-15(19)10-8-14/h7-10,12,16H,2-6,11H2,1H3. The minimum absolute atomic E-state index is 0.0280. The molecule has 0 N–H and O–H groups in total. The number of allylic oxidation sites excluding steroid dienone is 1. The van der Waals surface area contributed by atoms with Crippen LogP contribution in [0.2, 0.25) is 0 Å². The van der Waals surface area contributed by atoms with Gasteiger partial charge >= 0.3 is 0 Å². The second-order valence-electron chi connectivity index (χ2n) is 5.57. The second-order valence-corrected chi connectivity index (χ2v) is 5.57. The maximum atomic E-state index is 14.2. The predicted molar refractivity (Wildman–Crippen MR) is 81.9 cm³/mol. The lowest BCUT2D eigenvalue weighted by atomic mass is 9.99. The largest absolute Gasteiger partial charge is 0.491 e. The minimum atomic E-state index is -0.979. The number of hydrogen-bond donors (Lipinski definition) is 0. The Morgan fingerprint density at radius 1 is 1.18 bits per heavy atom. The third-order valence-electron chi connectivity index (χ3n) is 3.82. The van der Waals surface area contributed by atoms with Crippen LogP contribution < -0.4 is 0 Å². The Balaban J connectivity index is 2.00. The van der Waals surface area contributed by atoms with Crippen LogP contribution in [0.3, 0.4) is 0 Å². The van der Waals surface area contributed by atoms with Gasteiger partial charge in [0, 0.05) is 5.56 Å². The lowest BCUT2D eigenvalue weighted by molar-refractivity contribution is 0.126. The molecular weight excluding hydrogens is 289 g/mol. The molecule has 0 aliphatic carbocycles. The smallest absolute Gasteiger partial charge is 0.176 e. The third kappa shape index (κ3) is 4.39. The summed E-state index contributed by atoms with van der Waals surface area (Å²) in [5, 5.41) is 0. The van der Waals surface area contributed by atoms with Crippen LogP contribution in [0.1, 0.15) is 51.0 Å². The summed E-state index contributed by atoms with van der Waals surface area (Å²) in [6.45, 7) is 2.14. The van der Waals surface area contributed by atoms with Crippen molar-refractivity contribution >= 4 is 5.83 Å². The number of unbranched alkanes of at least 4 members (excludes halogenated alkanes) is 2. The molecule has 2 rings (SSSR count). The molecule has 22 heavy (non-hydrogen) atoms. The van der Waals surface area contributed by atoms with Crippen molar-refractivity contribution in [2.75, 3.05) is 0 Å². The molecule has 0 amide bonds. The Labute approximate surface area is 129 Å². The first-order chi connectivity index (χ1) is 10.6. The topological polar surface area (TPSA) is 9.23 Å². The summed E-state index contributed by atoms with van der Waals surface area (Å²) >= 11 is 0. The van der Waals surface area contributed by atoms with Gasteiger partial charge < -0.3 is 4.74 Å². The molecule has 120 valence electrons. The fraction of sp³-hybridized carbons (Fsp3) is 0.444. The minimum Gasteiger partial charge on any atom is -0.491 e. The van der Waals surface area contributed by atoms with Gasteiger partial charge in [-0.2, -0.15) is 0 Å². The molecule has 0 aromatic heterocycles. The van der Waals surface area contributed by atoms with Gasteiger partial charge in [0.05, 0.1) is 6.26 Å². The number of ether oxygens (including phenoxy) is 1. The molecule has 0 spiro atoms. The highest BCUT2D eigenvalue weighted by Crippen LogP contribution is 2.31. The summed E-state index contributed by atoms with van der Waals surface area (Å²) in [7, 11) is 0. The number of halogens is 3. The zero-order valence-corrected chi connectivity index (χ0v) is 12.7. The van der Waals surface area contributed by atoms with Gasteiger partial charge in [0.15, 0.2) is 17.8 Å². The van der Waals surface area contributed by atoms with Crippen LogP contribution in [-0.2, 0) is 4.74 Å². The maximum absolute atomic E-state index is 14.2. The fourth-order valence-electron chi connectivity index (χ4n) is 2.47. The van der Waals surface area contributed by atoms with E-state index in [0.717, 1.165) is 49.8 Å². The van der Waals surface area contributed by atoms with Crippen molar-refractivity contribution in [3.05, 3.63) is 53.3 Å². The first kappa shape index (κ1) is 16.7. The molecular formula is C18H21F3O. The van der Waals surface area contributed by atoms with Gasteiger partial charge in [0.25, 0.3) is 0 Å². The first-order valence-electron chi connectivity index (χ1n) is 7.76. The molecule has 0 bridgehead atoms. The van der Waals surface area contributed by atoms with Gasteiger partial charge in [-0.05, 0) is 55.5 Å². The molecule has 0 radical (unpaired) electrons. The van der Waals surface area contributed by atoms with E-state index in [4.69, 9.17) is 4.74 Å². The van der Waals surface area contributed by atoms with E-state index in [1.165, 1.54) is 12.1 Å². The molecule has 1 aliphatic heterocycles. The van der Waals surface area contributed by atoms with Crippen molar-refractivity contribution in [3.8, 4) is 0 Å². The second kappa shape index (κ2) is 8.06. The van der Waals surface area contributed by atoms with Gasteiger partial charge in [0.2, 0.25) is 0 Å². The molecule has 0 saturated carbocycles. The van der Waals surface area contributed by atoms with Crippen LogP contribution in [0.15, 0.2) is 41.9 Å². The molecule has 1 unspecified atom stereocenters. The van der Waals surface area contributed by atoms with E-state index < -0.39 is 23.6 Å². The molecule has 1 nitrogen and oxygen atoms in total. The van der Waals surface area contributed by atoms with Crippen molar-refractivity contribution in [2.45, 2.75) is 51.6 Å². The zero-order chi connectivity index (χ0) is 15.9. The zero-order valence-electron chi connectivity index (χ0n) is 12.7. The normalized spacial score (nSPS) is 19.3. The third-order valence-corrected chi connectivity index (χ3v) is 3.82. The molecule has 4 heteroatoms. The van der Waals surface area contributed by atoms with E-state index in [2.05, 4.69) is 6.92 Å². The number of benzene rings is 1. The highest BCUT2D eigenvalue weighted by Gasteiger charge is 2.24. The average Bonchev–Trinajstić information content (AvgIpc) is 2.55. The molecule has 1 atom stereocenters. The number of rotatable bonds is 6. The van der Waals surface area contributed by atoms with Crippen molar-refractivity contribution < 1.29 is 17.9 Å². The Morgan fingerprint density at radius 2 is 1.91 bits per heavy atom. The van der Waals surface area contributed by atoms with E-state index >= 15 is 0 Å². The summed E-state index contributed by atoms with van der Waals surface area (Å²) in [6.07, 6.45) is 6.19. The van der Waals surface area contributed by atoms with Gasteiger partial charge in [-0.15, -0.1) is 0 Å². The Kier molecular flexibility index (Phi) is 6.10. The molecule has 0 fully saturated rings. The highest BCUT2D eigenvalue weighted by atomic mass is 19.2. The fourth-order valence-corrected chi connectivity index (χ4v) is 2.47. The van der Waals surface area contributed by atoms with Crippen LogP contribution in [0.25, 0.3) is 5.83 Å². The van der Waals surface area contributed by atoms with Crippen molar-refractivity contribution in [2.24, 2.45) is 0 Å². The quantitative estimate of drug-likeness (QED) is 0.579. The lowest BCUT2D eigenvalue weighted by Crippen LogP contribution is -2.16. The van der Waals surface area contributed by atoms with E-state index in [-0.39, 0.29) is 5.56 Å². The SMILES string of the molecule is CCCCCC1=COC(C(F)=C(F)c2ccc(F)cc2)CC1. The molecule has 1 aromatic carbocycles. The van der Waals surface area contributed by atoms with E-state index in [1.54, 1.807) is 6.26 Å². The molecule has 0 saturated heterocycles. The van der Waals surface area contributed by atoms with Crippen LogP contribution in [-0.4, -0.2) is 6.10 Å². The number of hydrogen-bond acceptors (Lipinski definition) is 1. The van der Waals surface area contributed by atoms with Crippen LogP contribution in [0, 0.1) is 5.82 Å². The summed E-state index contributed by atoms with van der Waals surface area (Å²) in [5.41, 5.74) is 1.18. The van der Waals surface area contributed by atoms with Crippen LogP contribution in [0.5, 0.6) is 0 Å². The predicted octanol–water partition coefficient (Wildman–Crippen LogP) is 6.08. The van der Waals surface area contributed by atoms with Gasteiger partial charge in [-0.1, -0.05) is 19.8 Å². The summed E-state index contributed by atoms with van der Waals surface area (Å²) in [5.74, 6) is -2.38. The van der Waals surface area contributed by atoms with Gasteiger partial charge in [0.1, 0.15) is 5.82 Å². The van der Waals surface area contributed by atoms with E-state index in [9.17, 15) is 13.2 Å². The average molecular weight is 310 g/mol. The molecule has 1 heterocycles. The van der Waals surface area contributed by atoms with Gasteiger partial charge in [-0.25, -0.2) is 13.2 Å². The lowest BCUT2D eigenvalue weighted by Gasteiger charge is -2.22. The van der Waals surface area contributed by atoms with Crippen molar-refractivity contribution in [3.63, 3.8) is 0 Å². The summed E-state index contributed by atoms with van der Waals surface area (Å²) in [4.78, 5) is 0. The van der Waals surface area contributed by atoms with Crippen LogP contribution >= 0.6 is 0 Å². The maximum Gasteiger partial charge on any atom is 0.176 e. The van der Waals surface area contributed by atoms with Crippen molar-refractivity contribution in [1.82, 2.24) is 0 Å². The monoisotopic (exact) mass is 310 g/mol. The first-order valence-corrected chi connectivity index (χ1v) is 7.76. The van der Waals surface area contributed by atoms with E-state index in [0.29, 0.717) is 6.42 Å². The van der Waals surface area contributed by atoms with E-state index in [1.807, 2.05) is 0 Å². The Hall–Kier alpha value is -1.71.